The smallest absolute Gasteiger partial charge is 0.260 e. The highest BCUT2D eigenvalue weighted by Crippen LogP contribution is 2.32. The van der Waals surface area contributed by atoms with Gasteiger partial charge in [0.1, 0.15) is 0 Å². The van der Waals surface area contributed by atoms with E-state index in [1.54, 1.807) is 40.5 Å². The van der Waals surface area contributed by atoms with Crippen LogP contribution < -0.4 is 9.80 Å². The largest absolute Gasteiger partial charge is 0.338 e. The van der Waals surface area contributed by atoms with Crippen LogP contribution in [0.2, 0.25) is 5.02 Å². The van der Waals surface area contributed by atoms with Gasteiger partial charge in [0.25, 0.3) is 5.91 Å². The lowest BCUT2D eigenvalue weighted by molar-refractivity contribution is -0.856. The second-order valence-corrected chi connectivity index (χ2v) is 8.26. The molecule has 0 aliphatic heterocycles. The molecule has 6 heteroatoms. The van der Waals surface area contributed by atoms with E-state index in [1.165, 1.54) is 16.0 Å². The highest BCUT2D eigenvalue weighted by atomic mass is 35.5. The van der Waals surface area contributed by atoms with Crippen molar-refractivity contribution in [2.24, 2.45) is 0 Å². The number of quaternary nitrogens is 1. The molecule has 1 heterocycles. The van der Waals surface area contributed by atoms with Crippen LogP contribution in [0.5, 0.6) is 0 Å². The van der Waals surface area contributed by atoms with Gasteiger partial charge in [-0.25, -0.2) is 4.98 Å². The molecule has 0 spiro atoms. The first-order chi connectivity index (χ1) is 12.3. The Hall–Kier alpha value is -1.95. The summed E-state index contributed by atoms with van der Waals surface area (Å²) in [6.45, 7) is 5.61. The minimum atomic E-state index is -0.0450. The highest BCUT2D eigenvalue weighted by molar-refractivity contribution is 7.22. The van der Waals surface area contributed by atoms with Crippen LogP contribution in [-0.2, 0) is 0 Å². The summed E-state index contributed by atoms with van der Waals surface area (Å²) in [5.41, 5.74) is 3.95. The monoisotopic (exact) mass is 388 g/mol. The number of aromatic nitrogens is 1. The Morgan fingerprint density at radius 1 is 1.19 bits per heavy atom. The van der Waals surface area contributed by atoms with Crippen LogP contribution in [0.25, 0.3) is 10.2 Å². The maximum absolute atomic E-state index is 13.1. The lowest BCUT2D eigenvalue weighted by Crippen LogP contribution is -3.06. The molecule has 2 aromatic carbocycles. The van der Waals surface area contributed by atoms with Gasteiger partial charge in [0.2, 0.25) is 0 Å². The van der Waals surface area contributed by atoms with Crippen LogP contribution in [0.4, 0.5) is 5.13 Å². The second-order valence-electron chi connectivity index (χ2n) is 6.85. The number of aryl methyl sites for hydroxylation is 2. The van der Waals surface area contributed by atoms with E-state index in [0.29, 0.717) is 17.1 Å². The van der Waals surface area contributed by atoms with Crippen molar-refractivity contribution >= 4 is 44.2 Å². The molecule has 0 aliphatic rings. The van der Waals surface area contributed by atoms with Crippen molar-refractivity contribution in [2.75, 3.05) is 32.1 Å². The Kier molecular flexibility index (Phi) is 5.61. The fourth-order valence-electron chi connectivity index (χ4n) is 2.85. The Morgan fingerprint density at radius 3 is 2.54 bits per heavy atom. The maximum atomic E-state index is 13.1. The van der Waals surface area contributed by atoms with Crippen molar-refractivity contribution < 1.29 is 9.69 Å². The fourth-order valence-corrected chi connectivity index (χ4v) is 4.01. The summed E-state index contributed by atoms with van der Waals surface area (Å²) in [6.07, 6.45) is 0. The lowest BCUT2D eigenvalue weighted by atomic mass is 10.1. The zero-order valence-corrected chi connectivity index (χ0v) is 17.0. The molecule has 4 nitrogen and oxygen atoms in total. The van der Waals surface area contributed by atoms with E-state index >= 15 is 0 Å². The number of carbonyl (C=O) groups is 1. The number of hydrogen-bond acceptors (Lipinski definition) is 3. The van der Waals surface area contributed by atoms with Gasteiger partial charge in [-0.05, 0) is 55.3 Å². The number of carbonyl (C=O) groups excluding carboxylic acids is 1. The fraction of sp³-hybridized carbons (Fsp3) is 0.300. The summed E-state index contributed by atoms with van der Waals surface area (Å²) < 4.78 is 1.14. The molecule has 0 atom stereocenters. The summed E-state index contributed by atoms with van der Waals surface area (Å²) in [6, 6.07) is 11.3. The third-order valence-corrected chi connectivity index (χ3v) is 5.69. The summed E-state index contributed by atoms with van der Waals surface area (Å²) in [4.78, 5) is 21.0. The van der Waals surface area contributed by atoms with E-state index in [1.807, 2.05) is 0 Å². The summed E-state index contributed by atoms with van der Waals surface area (Å²) in [5, 5.41) is 1.37. The second kappa shape index (κ2) is 7.74. The standard InChI is InChI=1S/C20H22ClN3OS/c1-13-11-14(2)18-17(12-13)22-20(26-18)24(10-9-23(3)4)19(25)15-5-7-16(21)8-6-15/h5-8,11-12H,9-10H2,1-4H3/p+1. The molecule has 1 amide bonds. The van der Waals surface area contributed by atoms with E-state index in [-0.39, 0.29) is 5.91 Å². The normalized spacial score (nSPS) is 11.3. The van der Waals surface area contributed by atoms with Gasteiger partial charge in [0.05, 0.1) is 37.4 Å². The first kappa shape index (κ1) is 18.8. The zero-order chi connectivity index (χ0) is 18.8. The number of anilines is 1. The minimum absolute atomic E-state index is 0.0450. The van der Waals surface area contributed by atoms with E-state index in [4.69, 9.17) is 16.6 Å². The van der Waals surface area contributed by atoms with Crippen molar-refractivity contribution in [3.05, 3.63) is 58.1 Å². The predicted molar refractivity (Wildman–Crippen MR) is 110 cm³/mol. The minimum Gasteiger partial charge on any atom is -0.338 e. The van der Waals surface area contributed by atoms with Gasteiger partial charge in [-0.1, -0.05) is 29.0 Å². The number of rotatable bonds is 5. The first-order valence-corrected chi connectivity index (χ1v) is 9.79. The average molecular weight is 389 g/mol. The van der Waals surface area contributed by atoms with Crippen molar-refractivity contribution in [1.82, 2.24) is 4.98 Å². The average Bonchev–Trinajstić information content (AvgIpc) is 2.99. The number of nitrogens with zero attached hydrogens (tertiary/aromatic N) is 2. The Labute approximate surface area is 163 Å². The van der Waals surface area contributed by atoms with E-state index < -0.39 is 0 Å². The van der Waals surface area contributed by atoms with E-state index in [9.17, 15) is 4.79 Å². The number of fused-ring (bicyclic) bond motifs is 1. The molecule has 1 aromatic heterocycles. The molecule has 0 unspecified atom stereocenters. The Balaban J connectivity index is 2.01. The van der Waals surface area contributed by atoms with Crippen LogP contribution in [0.15, 0.2) is 36.4 Å². The predicted octanol–water partition coefficient (Wildman–Crippen LogP) is 3.36. The van der Waals surface area contributed by atoms with Gasteiger partial charge >= 0.3 is 0 Å². The topological polar surface area (TPSA) is 37.6 Å². The van der Waals surface area contributed by atoms with E-state index in [0.717, 1.165) is 21.9 Å². The zero-order valence-electron chi connectivity index (χ0n) is 15.5. The molecule has 0 radical (unpaired) electrons. The molecule has 0 saturated carbocycles. The molecule has 0 saturated heterocycles. The summed E-state index contributed by atoms with van der Waals surface area (Å²) in [5.74, 6) is -0.0450. The van der Waals surface area contributed by atoms with Gasteiger partial charge in [-0.3, -0.25) is 9.69 Å². The van der Waals surface area contributed by atoms with Crippen LogP contribution in [-0.4, -0.2) is 38.1 Å². The molecular weight excluding hydrogens is 366 g/mol. The van der Waals surface area contributed by atoms with Crippen molar-refractivity contribution in [2.45, 2.75) is 13.8 Å². The van der Waals surface area contributed by atoms with E-state index in [2.05, 4.69) is 40.1 Å². The van der Waals surface area contributed by atoms with Crippen molar-refractivity contribution in [3.63, 3.8) is 0 Å². The Bertz CT molecular complexity index is 934. The van der Waals surface area contributed by atoms with Gasteiger partial charge in [0, 0.05) is 10.6 Å². The third kappa shape index (κ3) is 4.06. The quantitative estimate of drug-likeness (QED) is 0.727. The number of hydrogen-bond donors (Lipinski definition) is 1. The van der Waals surface area contributed by atoms with Gasteiger partial charge in [0.15, 0.2) is 5.13 Å². The SMILES string of the molecule is Cc1cc(C)c2sc(N(CC[NH+](C)C)C(=O)c3ccc(Cl)cc3)nc2c1. The number of likely N-dealkylation sites (N-methyl/N-ethyl adjacent to an activating group) is 1. The van der Waals surface area contributed by atoms with Crippen LogP contribution in [0, 0.1) is 13.8 Å². The van der Waals surface area contributed by atoms with Crippen LogP contribution >= 0.6 is 22.9 Å². The molecule has 0 aliphatic carbocycles. The number of thiazole rings is 1. The number of amides is 1. The number of nitrogens with one attached hydrogen (secondary N) is 1. The first-order valence-electron chi connectivity index (χ1n) is 8.59. The molecule has 3 rings (SSSR count). The van der Waals surface area contributed by atoms with Crippen molar-refractivity contribution in [1.29, 1.82) is 0 Å². The number of benzene rings is 2. The highest BCUT2D eigenvalue weighted by Gasteiger charge is 2.22. The molecular formula is C20H23ClN3OS+. The third-order valence-electron chi connectivity index (χ3n) is 4.21. The van der Waals surface area contributed by atoms with Gasteiger partial charge in [-0.15, -0.1) is 0 Å². The molecule has 3 aromatic rings. The summed E-state index contributed by atoms with van der Waals surface area (Å²) in [7, 11) is 4.16. The van der Waals surface area contributed by atoms with Crippen molar-refractivity contribution in [3.8, 4) is 0 Å². The lowest BCUT2D eigenvalue weighted by Gasteiger charge is -2.20. The molecule has 0 bridgehead atoms. The maximum Gasteiger partial charge on any atom is 0.260 e. The van der Waals surface area contributed by atoms with Gasteiger partial charge in [-0.2, -0.15) is 0 Å². The molecule has 26 heavy (non-hydrogen) atoms. The Morgan fingerprint density at radius 2 is 1.88 bits per heavy atom. The van der Waals surface area contributed by atoms with Crippen LogP contribution in [0.1, 0.15) is 21.5 Å². The molecule has 136 valence electrons. The molecule has 0 fully saturated rings. The van der Waals surface area contributed by atoms with Crippen LogP contribution in [0.3, 0.4) is 0 Å². The molecule has 1 N–H and O–H groups in total. The summed E-state index contributed by atoms with van der Waals surface area (Å²) >= 11 is 7.54. The number of halogens is 1. The van der Waals surface area contributed by atoms with Gasteiger partial charge < -0.3 is 4.90 Å².